The molecule has 2 fully saturated rings. The molecule has 1 aromatic carbocycles. The number of amides is 2. The van der Waals surface area contributed by atoms with Gasteiger partial charge in [0.15, 0.2) is 0 Å². The van der Waals surface area contributed by atoms with Crippen LogP contribution in [0.15, 0.2) is 18.2 Å². The first-order chi connectivity index (χ1) is 16.1. The highest BCUT2D eigenvalue weighted by atomic mass is 19.4. The van der Waals surface area contributed by atoms with E-state index >= 15 is 0 Å². The second-order valence-corrected chi connectivity index (χ2v) is 10.0. The van der Waals surface area contributed by atoms with Gasteiger partial charge in [0.05, 0.1) is 11.0 Å². The summed E-state index contributed by atoms with van der Waals surface area (Å²) in [6.07, 6.45) is -3.14. The van der Waals surface area contributed by atoms with E-state index < -0.39 is 58.4 Å². The number of halogens is 4. The van der Waals surface area contributed by atoms with Gasteiger partial charge in [0.1, 0.15) is 11.9 Å². The number of carbonyl (C=O) groups is 3. The van der Waals surface area contributed by atoms with Crippen molar-refractivity contribution in [3.05, 3.63) is 35.1 Å². The van der Waals surface area contributed by atoms with Crippen LogP contribution in [0.2, 0.25) is 0 Å². The number of alkyl halides is 3. The highest BCUT2D eigenvalue weighted by Crippen LogP contribution is 2.42. The van der Waals surface area contributed by atoms with Gasteiger partial charge in [0, 0.05) is 30.2 Å². The summed E-state index contributed by atoms with van der Waals surface area (Å²) in [6, 6.07) is 0.143. The number of likely N-dealkylation sites (tertiary alicyclic amines) is 1. The first-order valence-corrected chi connectivity index (χ1v) is 11.6. The molecule has 11 heteroatoms. The molecule has 4 atom stereocenters. The van der Waals surface area contributed by atoms with Gasteiger partial charge in [-0.25, -0.2) is 4.39 Å². The van der Waals surface area contributed by atoms with E-state index in [1.165, 1.54) is 4.90 Å². The molecule has 0 aromatic heterocycles. The molecule has 1 heterocycles. The number of carbonyl (C=O) groups excluding carboxylic acids is 2. The zero-order chi connectivity index (χ0) is 26.3. The molecule has 3 rings (SSSR count). The Morgan fingerprint density at radius 2 is 1.86 bits per heavy atom. The number of hydrogen-bond acceptors (Lipinski definition) is 4. The minimum Gasteiger partial charge on any atom is -0.481 e. The highest BCUT2D eigenvalue weighted by molar-refractivity contribution is 5.98. The summed E-state index contributed by atoms with van der Waals surface area (Å²) in [5.41, 5.74) is -3.05. The van der Waals surface area contributed by atoms with Crippen molar-refractivity contribution in [3.8, 4) is 0 Å². The van der Waals surface area contributed by atoms with E-state index in [2.05, 4.69) is 10.2 Å². The first-order valence-electron chi connectivity index (χ1n) is 11.6. The summed E-state index contributed by atoms with van der Waals surface area (Å²) in [7, 11) is 1.95. The normalized spacial score (nSPS) is 27.5. The van der Waals surface area contributed by atoms with Crippen molar-refractivity contribution in [1.82, 2.24) is 15.1 Å². The third-order valence-corrected chi connectivity index (χ3v) is 7.46. The fraction of sp³-hybridized carbons (Fsp3) is 0.625. The lowest BCUT2D eigenvalue weighted by Gasteiger charge is -2.48. The summed E-state index contributed by atoms with van der Waals surface area (Å²) in [6.45, 7) is 5.89. The maximum Gasteiger partial charge on any atom is 0.416 e. The first kappa shape index (κ1) is 26.9. The van der Waals surface area contributed by atoms with Crippen molar-refractivity contribution in [2.24, 2.45) is 5.41 Å². The lowest BCUT2D eigenvalue weighted by molar-refractivity contribution is -0.159. The van der Waals surface area contributed by atoms with Crippen LogP contribution in [0.3, 0.4) is 0 Å². The van der Waals surface area contributed by atoms with E-state index in [-0.39, 0.29) is 25.0 Å². The van der Waals surface area contributed by atoms with Crippen LogP contribution >= 0.6 is 0 Å². The van der Waals surface area contributed by atoms with Crippen molar-refractivity contribution in [1.29, 1.82) is 0 Å². The largest absolute Gasteiger partial charge is 0.481 e. The number of nitrogens with one attached hydrogen (secondary N) is 1. The highest BCUT2D eigenvalue weighted by Gasteiger charge is 2.52. The Hall–Kier alpha value is -2.69. The van der Waals surface area contributed by atoms with Crippen LogP contribution in [0.4, 0.5) is 17.6 Å². The van der Waals surface area contributed by atoms with E-state index in [4.69, 9.17) is 0 Å². The number of aliphatic carboxylic acids is 1. The molecule has 0 spiro atoms. The number of nitrogens with zero attached hydrogens (tertiary/aromatic N) is 2. The van der Waals surface area contributed by atoms with E-state index in [0.29, 0.717) is 37.5 Å². The topological polar surface area (TPSA) is 90.0 Å². The van der Waals surface area contributed by atoms with Crippen LogP contribution in [0.25, 0.3) is 0 Å². The van der Waals surface area contributed by atoms with Crippen LogP contribution in [0, 0.1) is 11.2 Å². The van der Waals surface area contributed by atoms with Gasteiger partial charge in [-0.1, -0.05) is 0 Å². The molecule has 7 nitrogen and oxygen atoms in total. The zero-order valence-electron chi connectivity index (χ0n) is 20.2. The molecule has 2 aliphatic rings. The van der Waals surface area contributed by atoms with Gasteiger partial charge >= 0.3 is 12.1 Å². The lowest BCUT2D eigenvalue weighted by Crippen LogP contribution is -2.58. The molecule has 1 saturated carbocycles. The second kappa shape index (κ2) is 9.75. The Bertz CT molecular complexity index is 999. The molecule has 1 aromatic rings. The lowest BCUT2D eigenvalue weighted by atomic mass is 9.68. The average Bonchev–Trinajstić information content (AvgIpc) is 3.11. The Balaban J connectivity index is 1.75. The molecule has 1 saturated heterocycles. The number of carboxylic acids is 1. The van der Waals surface area contributed by atoms with Crippen molar-refractivity contribution in [2.45, 2.75) is 76.8 Å². The molecular weight excluding hydrogens is 470 g/mol. The minimum absolute atomic E-state index is 0.0383. The molecule has 0 radical (unpaired) electrons. The fourth-order valence-electron chi connectivity index (χ4n) is 5.17. The molecule has 2 N–H and O–H groups in total. The molecule has 3 unspecified atom stereocenters. The fourth-order valence-corrected chi connectivity index (χ4v) is 5.17. The predicted octanol–water partition coefficient (Wildman–Crippen LogP) is 3.53. The van der Waals surface area contributed by atoms with Gasteiger partial charge < -0.3 is 20.2 Å². The van der Waals surface area contributed by atoms with E-state index in [9.17, 15) is 37.1 Å². The van der Waals surface area contributed by atoms with Crippen LogP contribution in [-0.4, -0.2) is 70.4 Å². The van der Waals surface area contributed by atoms with E-state index in [1.54, 1.807) is 6.92 Å². The minimum atomic E-state index is -4.83. The van der Waals surface area contributed by atoms with Crippen LogP contribution in [-0.2, 0) is 15.8 Å². The molecule has 0 bridgehead atoms. The predicted molar refractivity (Wildman–Crippen MR) is 119 cm³/mol. The molecule has 1 aliphatic carbocycles. The zero-order valence-corrected chi connectivity index (χ0v) is 20.2. The van der Waals surface area contributed by atoms with Crippen molar-refractivity contribution >= 4 is 17.8 Å². The number of benzene rings is 1. The standard InChI is InChI=1S/C24H31F4N3O4/c1-13(2)30(4)17-5-6-19(23(3,12-17)22(34)35)31-8-7-18(21(31)33)29-20(32)14-9-15(24(26,27)28)11-16(25)10-14/h9-11,13,17-19H,5-8,12H2,1-4H3,(H,29,32)(H,34,35)/t17?,18-,19?,23?/m0/s1. The van der Waals surface area contributed by atoms with Gasteiger partial charge in [-0.3, -0.25) is 14.4 Å². The van der Waals surface area contributed by atoms with Crippen molar-refractivity contribution in [2.75, 3.05) is 13.6 Å². The van der Waals surface area contributed by atoms with Crippen LogP contribution in [0.1, 0.15) is 62.4 Å². The SMILES string of the molecule is CC(C)N(C)C1CCC(N2CC[C@H](NC(=O)c3cc(F)cc(C(F)(F)F)c3)C2=O)C(C)(C(=O)O)C1. The molecule has 194 valence electrons. The number of carboxylic acid groups (broad SMARTS) is 1. The smallest absolute Gasteiger partial charge is 0.416 e. The van der Waals surface area contributed by atoms with Crippen LogP contribution in [0.5, 0.6) is 0 Å². The number of hydrogen-bond donors (Lipinski definition) is 2. The van der Waals surface area contributed by atoms with E-state index in [1.807, 2.05) is 20.9 Å². The summed E-state index contributed by atoms with van der Waals surface area (Å²) in [5.74, 6) is -3.72. The van der Waals surface area contributed by atoms with Crippen LogP contribution < -0.4 is 5.32 Å². The van der Waals surface area contributed by atoms with E-state index in [0.717, 1.165) is 0 Å². The Labute approximate surface area is 201 Å². The number of rotatable bonds is 6. The average molecular weight is 502 g/mol. The van der Waals surface area contributed by atoms with Gasteiger partial charge in [0.2, 0.25) is 5.91 Å². The molecular formula is C24H31F4N3O4. The second-order valence-electron chi connectivity index (χ2n) is 10.0. The third kappa shape index (κ3) is 5.44. The maximum atomic E-state index is 13.7. The molecule has 1 aliphatic heterocycles. The van der Waals surface area contributed by atoms with Crippen molar-refractivity contribution in [3.63, 3.8) is 0 Å². The van der Waals surface area contributed by atoms with Gasteiger partial charge in [0.25, 0.3) is 5.91 Å². The summed E-state index contributed by atoms with van der Waals surface area (Å²) in [4.78, 5) is 41.6. The Morgan fingerprint density at radius 1 is 1.20 bits per heavy atom. The third-order valence-electron chi connectivity index (χ3n) is 7.46. The summed E-state index contributed by atoms with van der Waals surface area (Å²) >= 11 is 0. The van der Waals surface area contributed by atoms with Gasteiger partial charge in [-0.05, 0) is 71.7 Å². The Morgan fingerprint density at radius 3 is 2.43 bits per heavy atom. The quantitative estimate of drug-likeness (QED) is 0.583. The monoisotopic (exact) mass is 501 g/mol. The summed E-state index contributed by atoms with van der Waals surface area (Å²) < 4.78 is 52.7. The van der Waals surface area contributed by atoms with Gasteiger partial charge in [-0.2, -0.15) is 13.2 Å². The Kier molecular flexibility index (Phi) is 7.50. The van der Waals surface area contributed by atoms with Gasteiger partial charge in [-0.15, -0.1) is 0 Å². The summed E-state index contributed by atoms with van der Waals surface area (Å²) in [5, 5.41) is 12.5. The van der Waals surface area contributed by atoms with Crippen molar-refractivity contribution < 1.29 is 37.1 Å². The molecule has 2 amide bonds. The maximum absolute atomic E-state index is 13.7. The molecule has 35 heavy (non-hydrogen) atoms.